The first-order chi connectivity index (χ1) is 7.99. The van der Waals surface area contributed by atoms with Gasteiger partial charge >= 0.3 is 0 Å². The molecule has 6 heteroatoms. The van der Waals surface area contributed by atoms with Gasteiger partial charge in [-0.25, -0.2) is 0 Å². The Labute approximate surface area is 122 Å². The van der Waals surface area contributed by atoms with Crippen LogP contribution in [0.3, 0.4) is 0 Å². The van der Waals surface area contributed by atoms with Gasteiger partial charge in [0.05, 0.1) is 0 Å². The Balaban J connectivity index is 0.00000289. The second-order valence-corrected chi connectivity index (χ2v) is 4.67. The number of hydrogen-bond donors (Lipinski definition) is 2. The maximum atomic E-state index is 11.8. The molecule has 0 radical (unpaired) electrons. The first kappa shape index (κ1) is 17.4. The first-order valence-electron chi connectivity index (χ1n) is 5.30. The molecule has 0 saturated heterocycles. The lowest BCUT2D eigenvalue weighted by molar-refractivity contribution is -0.125. The van der Waals surface area contributed by atoms with E-state index in [0.717, 1.165) is 21.3 Å². The maximum absolute atomic E-state index is 11.8. The number of amides is 1. The Bertz CT molecular complexity index is 400. The van der Waals surface area contributed by atoms with Crippen LogP contribution in [0.25, 0.3) is 0 Å². The van der Waals surface area contributed by atoms with Gasteiger partial charge in [-0.1, -0.05) is 15.9 Å². The van der Waals surface area contributed by atoms with Crippen molar-refractivity contribution in [1.29, 1.82) is 0 Å². The van der Waals surface area contributed by atoms with Gasteiger partial charge in [0.2, 0.25) is 0 Å². The number of rotatable bonds is 4. The number of ether oxygens (including phenoxy) is 1. The molecule has 4 nitrogen and oxygen atoms in total. The first-order valence-corrected chi connectivity index (χ1v) is 6.09. The zero-order valence-electron chi connectivity index (χ0n) is 10.6. The van der Waals surface area contributed by atoms with E-state index < -0.39 is 6.10 Å². The molecule has 0 heterocycles. The molecule has 1 rings (SSSR count). The van der Waals surface area contributed by atoms with Crippen LogP contribution >= 0.6 is 28.3 Å². The van der Waals surface area contributed by atoms with Crippen LogP contribution in [0.2, 0.25) is 0 Å². The van der Waals surface area contributed by atoms with Crippen LogP contribution in [0.5, 0.6) is 0 Å². The van der Waals surface area contributed by atoms with E-state index in [2.05, 4.69) is 21.2 Å². The van der Waals surface area contributed by atoms with Gasteiger partial charge in [0.1, 0.15) is 6.10 Å². The molecule has 1 aromatic carbocycles. The molecular formula is C12H18BrClN2O2. The number of benzene rings is 1. The molecule has 0 fully saturated rings. The van der Waals surface area contributed by atoms with Crippen molar-refractivity contribution in [2.75, 3.05) is 19.0 Å². The fraction of sp³-hybridized carbons (Fsp3) is 0.417. The molecule has 102 valence electrons. The number of hydrogen-bond acceptors (Lipinski definition) is 3. The summed E-state index contributed by atoms with van der Waals surface area (Å²) < 4.78 is 6.02. The highest BCUT2D eigenvalue weighted by Crippen LogP contribution is 2.25. The summed E-state index contributed by atoms with van der Waals surface area (Å²) in [5, 5.41) is 2.79. The predicted octanol–water partition coefficient (Wildman–Crippen LogP) is 2.40. The molecule has 0 aliphatic rings. The zero-order valence-corrected chi connectivity index (χ0v) is 13.0. The Kier molecular flexibility index (Phi) is 7.47. The predicted molar refractivity (Wildman–Crippen MR) is 79.3 cm³/mol. The van der Waals surface area contributed by atoms with Crippen molar-refractivity contribution in [3.8, 4) is 0 Å². The normalized spacial score (nSPS) is 11.6. The van der Waals surface area contributed by atoms with E-state index in [-0.39, 0.29) is 24.9 Å². The summed E-state index contributed by atoms with van der Waals surface area (Å²) in [6.45, 7) is 4.11. The second-order valence-electron chi connectivity index (χ2n) is 3.87. The molecule has 1 aromatic rings. The fourth-order valence-electron chi connectivity index (χ4n) is 1.55. The average Bonchev–Trinajstić information content (AvgIpc) is 2.27. The third-order valence-electron chi connectivity index (χ3n) is 2.50. The van der Waals surface area contributed by atoms with Crippen molar-refractivity contribution in [1.82, 2.24) is 0 Å². The summed E-state index contributed by atoms with van der Waals surface area (Å²) >= 11 is 3.48. The molecule has 1 atom stereocenters. The minimum atomic E-state index is -0.612. The van der Waals surface area contributed by atoms with Crippen LogP contribution in [-0.2, 0) is 9.53 Å². The van der Waals surface area contributed by atoms with Crippen molar-refractivity contribution >= 4 is 39.9 Å². The number of aryl methyl sites for hydroxylation is 2. The molecular weight excluding hydrogens is 320 g/mol. The van der Waals surface area contributed by atoms with Crippen LogP contribution in [0, 0.1) is 13.8 Å². The monoisotopic (exact) mass is 336 g/mol. The van der Waals surface area contributed by atoms with E-state index >= 15 is 0 Å². The zero-order chi connectivity index (χ0) is 13.0. The second kappa shape index (κ2) is 7.74. The van der Waals surface area contributed by atoms with Crippen molar-refractivity contribution in [3.63, 3.8) is 0 Å². The smallest absolute Gasteiger partial charge is 0.254 e. The minimum absolute atomic E-state index is 0. The quantitative estimate of drug-likeness (QED) is 0.887. The third-order valence-corrected chi connectivity index (χ3v) is 3.75. The lowest BCUT2D eigenvalue weighted by Gasteiger charge is -2.14. The van der Waals surface area contributed by atoms with Gasteiger partial charge in [0.25, 0.3) is 5.91 Å². The van der Waals surface area contributed by atoms with Crippen LogP contribution in [0.15, 0.2) is 16.6 Å². The Morgan fingerprint density at radius 2 is 1.94 bits per heavy atom. The summed E-state index contributed by atoms with van der Waals surface area (Å²) in [5.74, 6) is -0.226. The number of halogens is 2. The summed E-state index contributed by atoms with van der Waals surface area (Å²) in [4.78, 5) is 11.8. The molecule has 0 aliphatic heterocycles. The average molecular weight is 338 g/mol. The summed E-state index contributed by atoms with van der Waals surface area (Å²) in [6.07, 6.45) is -0.612. The van der Waals surface area contributed by atoms with Crippen LogP contribution in [0.4, 0.5) is 5.69 Å². The molecule has 0 bridgehead atoms. The Morgan fingerprint density at radius 3 is 2.33 bits per heavy atom. The highest BCUT2D eigenvalue weighted by Gasteiger charge is 2.16. The van der Waals surface area contributed by atoms with Gasteiger partial charge in [-0.15, -0.1) is 12.4 Å². The third kappa shape index (κ3) is 4.24. The van der Waals surface area contributed by atoms with E-state index in [1.165, 1.54) is 7.11 Å². The maximum Gasteiger partial charge on any atom is 0.254 e. The van der Waals surface area contributed by atoms with E-state index in [1.54, 1.807) is 0 Å². The topological polar surface area (TPSA) is 64.3 Å². The molecule has 1 amide bonds. The number of carbonyl (C=O) groups is 1. The SMILES string of the molecule is COC(CN)C(=O)Nc1cc(C)c(Br)c(C)c1.Cl. The summed E-state index contributed by atoms with van der Waals surface area (Å²) in [7, 11) is 1.47. The minimum Gasteiger partial charge on any atom is -0.370 e. The Morgan fingerprint density at radius 1 is 1.44 bits per heavy atom. The number of methoxy groups -OCH3 is 1. The number of carbonyl (C=O) groups excluding carboxylic acids is 1. The standard InChI is InChI=1S/C12H17BrN2O2.ClH/c1-7-4-9(5-8(2)11(7)13)15-12(16)10(6-14)17-3;/h4-5,10H,6,14H2,1-3H3,(H,15,16);1H. The van der Waals surface area contributed by atoms with Crippen LogP contribution < -0.4 is 11.1 Å². The number of anilines is 1. The molecule has 0 aromatic heterocycles. The van der Waals surface area contributed by atoms with Crippen molar-refractivity contribution in [2.45, 2.75) is 20.0 Å². The molecule has 18 heavy (non-hydrogen) atoms. The molecule has 0 spiro atoms. The largest absolute Gasteiger partial charge is 0.370 e. The van der Waals surface area contributed by atoms with Crippen molar-refractivity contribution < 1.29 is 9.53 Å². The summed E-state index contributed by atoms with van der Waals surface area (Å²) in [6, 6.07) is 3.80. The van der Waals surface area contributed by atoms with Crippen molar-refractivity contribution in [2.24, 2.45) is 5.73 Å². The molecule has 1 unspecified atom stereocenters. The van der Waals surface area contributed by atoms with E-state index in [1.807, 2.05) is 26.0 Å². The lowest BCUT2D eigenvalue weighted by Crippen LogP contribution is -2.35. The van der Waals surface area contributed by atoms with Crippen LogP contribution in [0.1, 0.15) is 11.1 Å². The fourth-order valence-corrected chi connectivity index (χ4v) is 1.78. The van der Waals surface area contributed by atoms with E-state index in [9.17, 15) is 4.79 Å². The van der Waals surface area contributed by atoms with Gasteiger partial charge in [-0.3, -0.25) is 4.79 Å². The molecule has 3 N–H and O–H groups in total. The lowest BCUT2D eigenvalue weighted by atomic mass is 10.1. The number of nitrogens with one attached hydrogen (secondary N) is 1. The Hall–Kier alpha value is -0.620. The van der Waals surface area contributed by atoms with Gasteiger partial charge < -0.3 is 15.8 Å². The van der Waals surface area contributed by atoms with Gasteiger partial charge in [0, 0.05) is 23.8 Å². The highest BCUT2D eigenvalue weighted by molar-refractivity contribution is 9.10. The molecule has 0 aliphatic carbocycles. The van der Waals surface area contributed by atoms with E-state index in [4.69, 9.17) is 10.5 Å². The van der Waals surface area contributed by atoms with Crippen LogP contribution in [-0.4, -0.2) is 25.7 Å². The highest BCUT2D eigenvalue weighted by atomic mass is 79.9. The van der Waals surface area contributed by atoms with Crippen molar-refractivity contribution in [3.05, 3.63) is 27.7 Å². The van der Waals surface area contributed by atoms with Gasteiger partial charge in [-0.2, -0.15) is 0 Å². The molecule has 0 saturated carbocycles. The van der Waals surface area contributed by atoms with E-state index in [0.29, 0.717) is 0 Å². The van der Waals surface area contributed by atoms with Gasteiger partial charge in [-0.05, 0) is 37.1 Å². The van der Waals surface area contributed by atoms with Gasteiger partial charge in [0.15, 0.2) is 0 Å². The number of nitrogens with two attached hydrogens (primary N) is 1. The summed E-state index contributed by atoms with van der Waals surface area (Å²) in [5.41, 5.74) is 8.32.